The van der Waals surface area contributed by atoms with Gasteiger partial charge in [-0.1, -0.05) is 18.2 Å². The Hall–Kier alpha value is -4.54. The van der Waals surface area contributed by atoms with E-state index in [4.69, 9.17) is 4.74 Å². The van der Waals surface area contributed by atoms with E-state index < -0.39 is 18.0 Å². The Labute approximate surface area is 236 Å². The van der Waals surface area contributed by atoms with Gasteiger partial charge in [0.25, 0.3) is 0 Å². The number of likely N-dealkylation sites (tertiary alicyclic amines) is 1. The van der Waals surface area contributed by atoms with Crippen molar-refractivity contribution in [2.45, 2.75) is 58.7 Å². The van der Waals surface area contributed by atoms with Gasteiger partial charge in [0.2, 0.25) is 0 Å². The van der Waals surface area contributed by atoms with Crippen molar-refractivity contribution in [2.75, 3.05) is 18.4 Å². The maximum atomic E-state index is 14.1. The van der Waals surface area contributed by atoms with Gasteiger partial charge in [-0.25, -0.2) is 23.9 Å². The van der Waals surface area contributed by atoms with Gasteiger partial charge in [0, 0.05) is 48.9 Å². The summed E-state index contributed by atoms with van der Waals surface area (Å²) >= 11 is 0. The Morgan fingerprint density at radius 1 is 1.12 bits per heavy atom. The van der Waals surface area contributed by atoms with E-state index in [1.165, 1.54) is 6.07 Å². The zero-order valence-electron chi connectivity index (χ0n) is 23.3. The lowest BCUT2D eigenvalue weighted by molar-refractivity contribution is 0.0446. The summed E-state index contributed by atoms with van der Waals surface area (Å²) in [6.45, 7) is 7.01. The molecule has 1 saturated heterocycles. The van der Waals surface area contributed by atoms with Gasteiger partial charge in [-0.15, -0.1) is 0 Å². The molecule has 212 valence electrons. The number of piperidine rings is 1. The molecule has 3 amide bonds. The van der Waals surface area contributed by atoms with Crippen molar-refractivity contribution in [2.24, 2.45) is 0 Å². The number of rotatable bonds is 5. The molecule has 41 heavy (non-hydrogen) atoms. The molecule has 11 heteroatoms. The number of aromatic nitrogens is 4. The first-order chi connectivity index (χ1) is 19.7. The zero-order valence-corrected chi connectivity index (χ0v) is 23.3. The smallest absolute Gasteiger partial charge is 0.410 e. The molecule has 0 bridgehead atoms. The Kier molecular flexibility index (Phi) is 7.02. The van der Waals surface area contributed by atoms with Crippen LogP contribution in [0.3, 0.4) is 0 Å². The van der Waals surface area contributed by atoms with Crippen LogP contribution in [0.5, 0.6) is 0 Å². The van der Waals surface area contributed by atoms with Crippen molar-refractivity contribution in [1.29, 1.82) is 0 Å². The highest BCUT2D eigenvalue weighted by Crippen LogP contribution is 2.31. The molecule has 2 aromatic carbocycles. The topological polar surface area (TPSA) is 116 Å². The molecule has 1 atom stereocenters. The number of anilines is 1. The summed E-state index contributed by atoms with van der Waals surface area (Å²) in [6.07, 6.45) is 2.26. The SMILES string of the molecule is Cc1cc(C)nc(C(Cc2cc(C)c3[nH]ncc3c2)OC(=O)N2CCC(N3Cc4cccc(F)c4NC3=O)CC2)n1. The van der Waals surface area contributed by atoms with Gasteiger partial charge in [-0.05, 0) is 68.5 Å². The molecule has 1 fully saturated rings. The summed E-state index contributed by atoms with van der Waals surface area (Å²) < 4.78 is 20.2. The van der Waals surface area contributed by atoms with Crippen LogP contribution >= 0.6 is 0 Å². The second kappa shape index (κ2) is 10.8. The first-order valence-corrected chi connectivity index (χ1v) is 13.8. The number of aryl methyl sites for hydroxylation is 3. The summed E-state index contributed by atoms with van der Waals surface area (Å²) in [7, 11) is 0. The van der Waals surface area contributed by atoms with Crippen molar-refractivity contribution >= 4 is 28.7 Å². The number of halogens is 1. The third-order valence-electron chi connectivity index (χ3n) is 7.85. The van der Waals surface area contributed by atoms with E-state index in [9.17, 15) is 14.0 Å². The number of fused-ring (bicyclic) bond motifs is 2. The number of aromatic amines is 1. The minimum atomic E-state index is -0.679. The van der Waals surface area contributed by atoms with Crippen LogP contribution in [-0.4, -0.2) is 61.2 Å². The van der Waals surface area contributed by atoms with Crippen molar-refractivity contribution in [1.82, 2.24) is 30.0 Å². The number of hydrogen-bond donors (Lipinski definition) is 2. The molecule has 2 aliphatic heterocycles. The van der Waals surface area contributed by atoms with Crippen LogP contribution in [0.4, 0.5) is 19.7 Å². The predicted octanol–water partition coefficient (Wildman–Crippen LogP) is 5.35. The molecule has 6 rings (SSSR count). The molecule has 2 N–H and O–H groups in total. The van der Waals surface area contributed by atoms with Gasteiger partial charge < -0.3 is 19.9 Å². The van der Waals surface area contributed by atoms with Crippen LogP contribution in [0.2, 0.25) is 0 Å². The molecule has 2 aliphatic rings. The standard InChI is InChI=1S/C30H32FN7O3/c1-17-11-20(13-22-15-32-36-26(17)22)14-25(28-33-18(2)12-19(3)34-28)41-30(40)37-9-7-23(8-10-37)38-16-21-5-4-6-24(31)27(21)35-29(38)39/h4-6,11-13,15,23,25H,7-10,14,16H2,1-3H3,(H,32,36)(H,35,39). The van der Waals surface area contributed by atoms with E-state index >= 15 is 0 Å². The molecule has 4 heterocycles. The number of ether oxygens (including phenoxy) is 1. The summed E-state index contributed by atoms with van der Waals surface area (Å²) in [6, 6.07) is 10.4. The molecule has 0 spiro atoms. The third-order valence-corrected chi connectivity index (χ3v) is 7.85. The fourth-order valence-corrected chi connectivity index (χ4v) is 5.85. The Morgan fingerprint density at radius 2 is 1.88 bits per heavy atom. The molecule has 0 aliphatic carbocycles. The summed E-state index contributed by atoms with van der Waals surface area (Å²) in [5, 5.41) is 10.8. The first-order valence-electron chi connectivity index (χ1n) is 13.8. The minimum Gasteiger partial charge on any atom is -0.437 e. The number of H-pyrrole nitrogens is 1. The third kappa shape index (κ3) is 5.44. The monoisotopic (exact) mass is 557 g/mol. The van der Waals surface area contributed by atoms with E-state index in [1.807, 2.05) is 39.0 Å². The molecule has 1 unspecified atom stereocenters. The van der Waals surface area contributed by atoms with Gasteiger partial charge in [0.05, 0.1) is 17.4 Å². The number of nitrogens with one attached hydrogen (secondary N) is 2. The Bertz CT molecular complexity index is 1610. The van der Waals surface area contributed by atoms with Gasteiger partial charge in [-0.2, -0.15) is 5.10 Å². The quantitative estimate of drug-likeness (QED) is 0.342. The summed E-state index contributed by atoms with van der Waals surface area (Å²) in [4.78, 5) is 38.8. The van der Waals surface area contributed by atoms with Crippen molar-refractivity contribution in [3.63, 3.8) is 0 Å². The lowest BCUT2D eigenvalue weighted by atomic mass is 10.0. The van der Waals surface area contributed by atoms with Crippen LogP contribution in [0.25, 0.3) is 10.9 Å². The van der Waals surface area contributed by atoms with Crippen LogP contribution in [0, 0.1) is 26.6 Å². The number of nitrogens with zero attached hydrogens (tertiary/aromatic N) is 5. The van der Waals surface area contributed by atoms with Crippen LogP contribution in [0.15, 0.2) is 42.6 Å². The summed E-state index contributed by atoms with van der Waals surface area (Å²) in [5.41, 5.74) is 5.61. The molecular formula is C30H32FN7O3. The van der Waals surface area contributed by atoms with Gasteiger partial charge in [-0.3, -0.25) is 5.10 Å². The highest BCUT2D eigenvalue weighted by atomic mass is 19.1. The lowest BCUT2D eigenvalue weighted by Crippen LogP contribution is -2.51. The number of hydrogen-bond acceptors (Lipinski definition) is 6. The van der Waals surface area contributed by atoms with Crippen molar-refractivity contribution in [3.8, 4) is 0 Å². The zero-order chi connectivity index (χ0) is 28.7. The van der Waals surface area contributed by atoms with E-state index in [2.05, 4.69) is 31.5 Å². The normalized spacial score (nSPS) is 16.4. The number of carbonyl (C=O) groups is 2. The molecule has 0 saturated carbocycles. The number of para-hydroxylation sites is 1. The van der Waals surface area contributed by atoms with Gasteiger partial charge >= 0.3 is 12.1 Å². The van der Waals surface area contributed by atoms with Crippen LogP contribution < -0.4 is 5.32 Å². The van der Waals surface area contributed by atoms with E-state index in [-0.39, 0.29) is 17.8 Å². The maximum absolute atomic E-state index is 14.1. The lowest BCUT2D eigenvalue weighted by Gasteiger charge is -2.40. The molecular weight excluding hydrogens is 525 g/mol. The van der Waals surface area contributed by atoms with Crippen molar-refractivity contribution in [3.05, 3.63) is 82.3 Å². The highest BCUT2D eigenvalue weighted by molar-refractivity contribution is 5.92. The summed E-state index contributed by atoms with van der Waals surface area (Å²) in [5.74, 6) is 0.0295. The van der Waals surface area contributed by atoms with E-state index in [0.29, 0.717) is 44.7 Å². The van der Waals surface area contributed by atoms with E-state index in [0.717, 1.165) is 39.0 Å². The largest absolute Gasteiger partial charge is 0.437 e. The fourth-order valence-electron chi connectivity index (χ4n) is 5.85. The maximum Gasteiger partial charge on any atom is 0.410 e. The molecule has 4 aromatic rings. The van der Waals surface area contributed by atoms with Crippen molar-refractivity contribution < 1.29 is 18.7 Å². The highest BCUT2D eigenvalue weighted by Gasteiger charge is 2.34. The minimum absolute atomic E-state index is 0.0707. The molecule has 2 aromatic heterocycles. The second-order valence-electron chi connectivity index (χ2n) is 10.9. The van der Waals surface area contributed by atoms with E-state index in [1.54, 1.807) is 22.1 Å². The Morgan fingerprint density at radius 3 is 2.63 bits per heavy atom. The average molecular weight is 558 g/mol. The number of urea groups is 1. The predicted molar refractivity (Wildman–Crippen MR) is 151 cm³/mol. The number of benzene rings is 2. The fraction of sp³-hybridized carbons (Fsp3) is 0.367. The molecule has 10 nitrogen and oxygen atoms in total. The number of carbonyl (C=O) groups excluding carboxylic acids is 2. The second-order valence-corrected chi connectivity index (χ2v) is 10.9. The number of amides is 3. The van der Waals surface area contributed by atoms with Crippen LogP contribution in [0.1, 0.15) is 52.8 Å². The Balaban J connectivity index is 1.16. The van der Waals surface area contributed by atoms with Gasteiger partial charge in [0.1, 0.15) is 5.82 Å². The average Bonchev–Trinajstić information content (AvgIpc) is 3.42. The van der Waals surface area contributed by atoms with Gasteiger partial charge in [0.15, 0.2) is 11.9 Å². The molecule has 0 radical (unpaired) electrons. The first kappa shape index (κ1) is 26.7. The van der Waals surface area contributed by atoms with Crippen LogP contribution in [-0.2, 0) is 17.7 Å².